The van der Waals surface area contributed by atoms with Gasteiger partial charge in [0.2, 0.25) is 0 Å². The van der Waals surface area contributed by atoms with Gasteiger partial charge in [0.1, 0.15) is 0 Å². The standard InChI is InChI=1S/C18H25N3O2/c1-20(11-15(22)13-23-2)12-17-16-9-6-10-18(16)21(19-17)14-7-4-3-5-8-14/h3-5,7-8,15,22H,6,9-13H2,1-2H3. The van der Waals surface area contributed by atoms with Gasteiger partial charge in [-0.05, 0) is 44.0 Å². The maximum absolute atomic E-state index is 9.88. The van der Waals surface area contributed by atoms with Gasteiger partial charge in [0.05, 0.1) is 24.1 Å². The predicted octanol–water partition coefficient (Wildman–Crippen LogP) is 1.80. The van der Waals surface area contributed by atoms with Gasteiger partial charge in [-0.3, -0.25) is 4.90 Å². The van der Waals surface area contributed by atoms with Gasteiger partial charge in [-0.2, -0.15) is 5.10 Å². The molecule has 124 valence electrons. The molecule has 0 radical (unpaired) electrons. The lowest BCUT2D eigenvalue weighted by Gasteiger charge is -2.19. The minimum atomic E-state index is -0.464. The van der Waals surface area contributed by atoms with Gasteiger partial charge in [-0.1, -0.05) is 18.2 Å². The average Bonchev–Trinajstić information content (AvgIpc) is 3.12. The van der Waals surface area contributed by atoms with Crippen LogP contribution >= 0.6 is 0 Å². The van der Waals surface area contributed by atoms with Crippen molar-refractivity contribution in [1.82, 2.24) is 14.7 Å². The van der Waals surface area contributed by atoms with E-state index >= 15 is 0 Å². The zero-order valence-corrected chi connectivity index (χ0v) is 13.9. The maximum Gasteiger partial charge on any atom is 0.0900 e. The summed E-state index contributed by atoms with van der Waals surface area (Å²) in [5.74, 6) is 0. The lowest BCUT2D eigenvalue weighted by molar-refractivity contribution is 0.0416. The molecule has 5 heteroatoms. The van der Waals surface area contributed by atoms with Crippen molar-refractivity contribution in [2.45, 2.75) is 31.9 Å². The van der Waals surface area contributed by atoms with Crippen molar-refractivity contribution in [3.05, 3.63) is 47.3 Å². The molecule has 0 bridgehead atoms. The number of nitrogens with zero attached hydrogens (tertiary/aromatic N) is 3. The van der Waals surface area contributed by atoms with E-state index in [1.165, 1.54) is 17.7 Å². The molecule has 0 saturated carbocycles. The fraction of sp³-hybridized carbons (Fsp3) is 0.500. The minimum absolute atomic E-state index is 0.362. The van der Waals surface area contributed by atoms with Crippen LogP contribution in [0.5, 0.6) is 0 Å². The van der Waals surface area contributed by atoms with Crippen molar-refractivity contribution >= 4 is 0 Å². The van der Waals surface area contributed by atoms with Crippen LogP contribution in [0.3, 0.4) is 0 Å². The Morgan fingerprint density at radius 2 is 2.09 bits per heavy atom. The van der Waals surface area contributed by atoms with Crippen LogP contribution in [-0.4, -0.2) is 53.2 Å². The van der Waals surface area contributed by atoms with Crippen LogP contribution in [0.4, 0.5) is 0 Å². The second kappa shape index (κ2) is 7.25. The fourth-order valence-corrected chi connectivity index (χ4v) is 3.35. The Morgan fingerprint density at radius 3 is 2.83 bits per heavy atom. The van der Waals surface area contributed by atoms with Crippen LogP contribution in [0.1, 0.15) is 23.4 Å². The topological polar surface area (TPSA) is 50.5 Å². The molecule has 1 N–H and O–H groups in total. The average molecular weight is 315 g/mol. The summed E-state index contributed by atoms with van der Waals surface area (Å²) in [5.41, 5.74) is 4.99. The number of rotatable bonds is 7. The molecule has 23 heavy (non-hydrogen) atoms. The third-order valence-electron chi connectivity index (χ3n) is 4.32. The van der Waals surface area contributed by atoms with Gasteiger partial charge in [0, 0.05) is 25.9 Å². The van der Waals surface area contributed by atoms with E-state index in [0.29, 0.717) is 13.2 Å². The number of benzene rings is 1. The molecule has 1 aromatic carbocycles. The molecule has 0 fully saturated rings. The number of aromatic nitrogens is 2. The Morgan fingerprint density at radius 1 is 1.30 bits per heavy atom. The van der Waals surface area contributed by atoms with Crippen molar-refractivity contribution in [2.75, 3.05) is 27.3 Å². The molecule has 1 atom stereocenters. The van der Waals surface area contributed by atoms with E-state index in [-0.39, 0.29) is 0 Å². The lowest BCUT2D eigenvalue weighted by atomic mass is 10.2. The van der Waals surface area contributed by atoms with E-state index in [0.717, 1.165) is 30.8 Å². The number of methoxy groups -OCH3 is 1. The van der Waals surface area contributed by atoms with E-state index in [1.807, 2.05) is 25.2 Å². The van der Waals surface area contributed by atoms with Crippen molar-refractivity contribution in [3.63, 3.8) is 0 Å². The van der Waals surface area contributed by atoms with E-state index < -0.39 is 6.10 Å². The molecule has 3 rings (SSSR count). The molecule has 0 spiro atoms. The summed E-state index contributed by atoms with van der Waals surface area (Å²) in [5, 5.41) is 14.7. The van der Waals surface area contributed by atoms with Crippen molar-refractivity contribution in [2.24, 2.45) is 0 Å². The molecule has 1 aromatic heterocycles. The molecule has 1 heterocycles. The van der Waals surface area contributed by atoms with Gasteiger partial charge < -0.3 is 9.84 Å². The second-order valence-electron chi connectivity index (χ2n) is 6.28. The Labute approximate surface area is 137 Å². The molecule has 2 aromatic rings. The van der Waals surface area contributed by atoms with E-state index in [1.54, 1.807) is 7.11 Å². The SMILES string of the molecule is COCC(O)CN(C)Cc1nn(-c2ccccc2)c2c1CCC2. The minimum Gasteiger partial charge on any atom is -0.389 e. The van der Waals surface area contributed by atoms with E-state index in [2.05, 4.69) is 21.7 Å². The highest BCUT2D eigenvalue weighted by atomic mass is 16.5. The molecular formula is C18H25N3O2. The lowest BCUT2D eigenvalue weighted by Crippen LogP contribution is -2.31. The highest BCUT2D eigenvalue weighted by molar-refractivity contribution is 5.39. The molecular weight excluding hydrogens is 290 g/mol. The number of ether oxygens (including phenoxy) is 1. The molecule has 1 aliphatic carbocycles. The van der Waals surface area contributed by atoms with Gasteiger partial charge >= 0.3 is 0 Å². The van der Waals surface area contributed by atoms with Gasteiger partial charge in [0.25, 0.3) is 0 Å². The maximum atomic E-state index is 9.88. The van der Waals surface area contributed by atoms with Crippen LogP contribution in [0, 0.1) is 0 Å². The van der Waals surface area contributed by atoms with Gasteiger partial charge in [-0.15, -0.1) is 0 Å². The first-order valence-electron chi connectivity index (χ1n) is 8.19. The Balaban J connectivity index is 1.78. The smallest absolute Gasteiger partial charge is 0.0900 e. The summed E-state index contributed by atoms with van der Waals surface area (Å²) in [6, 6.07) is 10.3. The highest BCUT2D eigenvalue weighted by Gasteiger charge is 2.24. The first kappa shape index (κ1) is 16.2. The molecule has 0 amide bonds. The third-order valence-corrected chi connectivity index (χ3v) is 4.32. The van der Waals surface area contributed by atoms with Gasteiger partial charge in [-0.25, -0.2) is 4.68 Å². The number of fused-ring (bicyclic) bond motifs is 1. The number of likely N-dealkylation sites (N-methyl/N-ethyl adjacent to an activating group) is 1. The number of hydrogen-bond donors (Lipinski definition) is 1. The van der Waals surface area contributed by atoms with Crippen molar-refractivity contribution in [3.8, 4) is 5.69 Å². The number of para-hydroxylation sites is 1. The first-order chi connectivity index (χ1) is 11.2. The molecule has 0 aliphatic heterocycles. The largest absolute Gasteiger partial charge is 0.389 e. The fourth-order valence-electron chi connectivity index (χ4n) is 3.35. The summed E-state index contributed by atoms with van der Waals surface area (Å²) in [6.07, 6.45) is 2.93. The Kier molecular flexibility index (Phi) is 5.10. The zero-order valence-electron chi connectivity index (χ0n) is 13.9. The summed E-state index contributed by atoms with van der Waals surface area (Å²) >= 11 is 0. The van der Waals surface area contributed by atoms with Gasteiger partial charge in [0.15, 0.2) is 0 Å². The van der Waals surface area contributed by atoms with E-state index in [9.17, 15) is 5.11 Å². The second-order valence-corrected chi connectivity index (χ2v) is 6.28. The summed E-state index contributed by atoms with van der Waals surface area (Å²) in [6.45, 7) is 1.70. The van der Waals surface area contributed by atoms with Crippen LogP contribution in [-0.2, 0) is 24.1 Å². The number of hydrogen-bond acceptors (Lipinski definition) is 4. The molecule has 5 nitrogen and oxygen atoms in total. The summed E-state index contributed by atoms with van der Waals surface area (Å²) < 4.78 is 7.09. The molecule has 1 aliphatic rings. The van der Waals surface area contributed by atoms with Crippen LogP contribution in [0.15, 0.2) is 30.3 Å². The Bertz CT molecular complexity index is 639. The quantitative estimate of drug-likeness (QED) is 0.846. The van der Waals surface area contributed by atoms with Crippen LogP contribution < -0.4 is 0 Å². The van der Waals surface area contributed by atoms with Crippen molar-refractivity contribution in [1.29, 1.82) is 0 Å². The number of aliphatic hydroxyl groups is 1. The first-order valence-corrected chi connectivity index (χ1v) is 8.19. The molecule has 0 saturated heterocycles. The number of aliphatic hydroxyl groups excluding tert-OH is 1. The predicted molar refractivity (Wildman–Crippen MR) is 89.8 cm³/mol. The zero-order chi connectivity index (χ0) is 16.2. The summed E-state index contributed by atoms with van der Waals surface area (Å²) in [4.78, 5) is 2.11. The molecule has 1 unspecified atom stereocenters. The normalized spacial score (nSPS) is 15.1. The van der Waals surface area contributed by atoms with Crippen LogP contribution in [0.25, 0.3) is 5.69 Å². The highest BCUT2D eigenvalue weighted by Crippen LogP contribution is 2.28. The van der Waals surface area contributed by atoms with Crippen molar-refractivity contribution < 1.29 is 9.84 Å². The monoisotopic (exact) mass is 315 g/mol. The third kappa shape index (κ3) is 3.63. The Hall–Kier alpha value is -1.69. The van der Waals surface area contributed by atoms with Crippen LogP contribution in [0.2, 0.25) is 0 Å². The van der Waals surface area contributed by atoms with E-state index in [4.69, 9.17) is 9.84 Å². The summed E-state index contributed by atoms with van der Waals surface area (Å²) in [7, 11) is 3.62.